The predicted octanol–water partition coefficient (Wildman–Crippen LogP) is 3.54. The molecule has 0 N–H and O–H groups in total. The molecule has 1 rings (SSSR count). The molecule has 0 bridgehead atoms. The van der Waals surface area contributed by atoms with Gasteiger partial charge in [-0.2, -0.15) is 0 Å². The minimum absolute atomic E-state index is 0.213. The lowest BCUT2D eigenvalue weighted by Crippen LogP contribution is -2.26. The maximum atomic E-state index is 5.75. The van der Waals surface area contributed by atoms with Crippen LogP contribution in [0.5, 0.6) is 0 Å². The summed E-state index contributed by atoms with van der Waals surface area (Å²) in [6.45, 7) is 4.24. The summed E-state index contributed by atoms with van der Waals surface area (Å²) in [6.07, 6.45) is 3.72. The summed E-state index contributed by atoms with van der Waals surface area (Å²) >= 11 is 7.40. The minimum Gasteiger partial charge on any atom is -0.371 e. The van der Waals surface area contributed by atoms with E-state index in [9.17, 15) is 0 Å². The van der Waals surface area contributed by atoms with Gasteiger partial charge in [0, 0.05) is 18.2 Å². The lowest BCUT2D eigenvalue weighted by Gasteiger charge is -2.27. The maximum Gasteiger partial charge on any atom is 0.125 e. The molecule has 0 saturated heterocycles. The number of alkyl halides is 1. The summed E-state index contributed by atoms with van der Waals surface area (Å²) in [5.41, 5.74) is -0.213. The van der Waals surface area contributed by atoms with Crippen molar-refractivity contribution in [2.24, 2.45) is 0 Å². The van der Waals surface area contributed by atoms with Gasteiger partial charge in [0.15, 0.2) is 0 Å². The summed E-state index contributed by atoms with van der Waals surface area (Å²) in [7, 11) is 1.74. The van der Waals surface area contributed by atoms with Crippen LogP contribution in [0.2, 0.25) is 0 Å². The van der Waals surface area contributed by atoms with Crippen LogP contribution in [0, 0.1) is 0 Å². The molecule has 80 valence electrons. The van der Waals surface area contributed by atoms with Crippen molar-refractivity contribution < 1.29 is 4.74 Å². The first kappa shape index (κ1) is 12.0. The van der Waals surface area contributed by atoms with Crippen LogP contribution in [0.4, 0.5) is 0 Å². The molecule has 1 aromatic heterocycles. The molecule has 0 spiro atoms. The van der Waals surface area contributed by atoms with Gasteiger partial charge in [0.25, 0.3) is 0 Å². The van der Waals surface area contributed by atoms with Crippen molar-refractivity contribution in [3.8, 4) is 0 Å². The smallest absolute Gasteiger partial charge is 0.125 e. The van der Waals surface area contributed by atoms with Gasteiger partial charge in [-0.05, 0) is 12.8 Å². The van der Waals surface area contributed by atoms with E-state index in [1.807, 2.05) is 6.20 Å². The van der Waals surface area contributed by atoms with Crippen molar-refractivity contribution in [1.82, 2.24) is 4.98 Å². The van der Waals surface area contributed by atoms with E-state index in [2.05, 4.69) is 18.8 Å². The number of nitrogens with zero attached hydrogens (tertiary/aromatic N) is 1. The molecule has 14 heavy (non-hydrogen) atoms. The van der Waals surface area contributed by atoms with Crippen molar-refractivity contribution >= 4 is 22.9 Å². The molecule has 0 unspecified atom stereocenters. The second kappa shape index (κ2) is 5.10. The Kier molecular flexibility index (Phi) is 4.35. The van der Waals surface area contributed by atoms with E-state index in [-0.39, 0.29) is 5.60 Å². The molecule has 2 nitrogen and oxygen atoms in total. The number of halogens is 1. The van der Waals surface area contributed by atoms with Gasteiger partial charge in [-0.25, -0.2) is 4.98 Å². The Hall–Kier alpha value is -0.120. The first-order valence-corrected chi connectivity index (χ1v) is 6.13. The van der Waals surface area contributed by atoms with Crippen LogP contribution in [0.25, 0.3) is 0 Å². The molecule has 4 heteroatoms. The molecule has 0 fully saturated rings. The highest BCUT2D eigenvalue weighted by molar-refractivity contribution is 7.11. The SMILES string of the molecule is CCC(CC)(OC)c1ncc(CCl)s1. The molecule has 1 heterocycles. The molecule has 0 radical (unpaired) electrons. The predicted molar refractivity (Wildman–Crippen MR) is 60.9 cm³/mol. The van der Waals surface area contributed by atoms with Gasteiger partial charge in [0.05, 0.1) is 5.88 Å². The highest BCUT2D eigenvalue weighted by atomic mass is 35.5. The minimum atomic E-state index is -0.213. The topological polar surface area (TPSA) is 22.1 Å². The Morgan fingerprint density at radius 1 is 1.50 bits per heavy atom. The van der Waals surface area contributed by atoms with E-state index in [0.717, 1.165) is 22.7 Å². The Morgan fingerprint density at radius 2 is 2.14 bits per heavy atom. The maximum absolute atomic E-state index is 5.75. The fraction of sp³-hybridized carbons (Fsp3) is 0.700. The number of hydrogen-bond acceptors (Lipinski definition) is 3. The van der Waals surface area contributed by atoms with E-state index in [4.69, 9.17) is 16.3 Å². The summed E-state index contributed by atoms with van der Waals surface area (Å²) < 4.78 is 5.58. The average Bonchev–Trinajstić information content (AvgIpc) is 2.71. The second-order valence-corrected chi connectivity index (χ2v) is 4.55. The number of ether oxygens (including phenoxy) is 1. The zero-order chi connectivity index (χ0) is 10.6. The molecular weight excluding hydrogens is 218 g/mol. The summed E-state index contributed by atoms with van der Waals surface area (Å²) in [4.78, 5) is 5.48. The highest BCUT2D eigenvalue weighted by Crippen LogP contribution is 2.35. The lowest BCUT2D eigenvalue weighted by atomic mass is 9.98. The Balaban J connectivity index is 2.98. The molecular formula is C10H16ClNOS. The van der Waals surface area contributed by atoms with Crippen LogP contribution in [0.1, 0.15) is 36.6 Å². The number of hydrogen-bond donors (Lipinski definition) is 0. The fourth-order valence-corrected chi connectivity index (χ4v) is 2.81. The van der Waals surface area contributed by atoms with Crippen LogP contribution in [-0.4, -0.2) is 12.1 Å². The number of rotatable bonds is 5. The molecule has 1 aromatic rings. The number of aromatic nitrogens is 1. The quantitative estimate of drug-likeness (QED) is 0.726. The van der Waals surface area contributed by atoms with Gasteiger partial charge in [-0.1, -0.05) is 13.8 Å². The van der Waals surface area contributed by atoms with Gasteiger partial charge in [-0.3, -0.25) is 0 Å². The van der Waals surface area contributed by atoms with Gasteiger partial charge < -0.3 is 4.74 Å². The Bertz CT molecular complexity index is 275. The standard InChI is InChI=1S/C10H16ClNOS/c1-4-10(5-2,13-3)9-12-7-8(6-11)14-9/h7H,4-6H2,1-3H3. The van der Waals surface area contributed by atoms with Crippen molar-refractivity contribution in [2.45, 2.75) is 38.2 Å². The molecule has 0 amide bonds. The van der Waals surface area contributed by atoms with E-state index in [0.29, 0.717) is 5.88 Å². The Morgan fingerprint density at radius 3 is 2.50 bits per heavy atom. The van der Waals surface area contributed by atoms with Crippen LogP contribution in [-0.2, 0) is 16.2 Å². The van der Waals surface area contributed by atoms with Gasteiger partial charge in [0.1, 0.15) is 10.6 Å². The monoisotopic (exact) mass is 233 g/mol. The first-order chi connectivity index (χ1) is 6.72. The highest BCUT2D eigenvalue weighted by Gasteiger charge is 2.31. The second-order valence-electron chi connectivity index (χ2n) is 3.17. The van der Waals surface area contributed by atoms with Crippen molar-refractivity contribution in [1.29, 1.82) is 0 Å². The summed E-state index contributed by atoms with van der Waals surface area (Å²) in [5, 5.41) is 1.04. The fourth-order valence-electron chi connectivity index (χ4n) is 1.51. The van der Waals surface area contributed by atoms with Crippen molar-refractivity contribution in [3.05, 3.63) is 16.1 Å². The molecule has 0 aliphatic heterocycles. The van der Waals surface area contributed by atoms with Crippen molar-refractivity contribution in [3.63, 3.8) is 0 Å². The molecule has 0 aromatic carbocycles. The van der Waals surface area contributed by atoms with E-state index < -0.39 is 0 Å². The van der Waals surface area contributed by atoms with E-state index >= 15 is 0 Å². The first-order valence-electron chi connectivity index (χ1n) is 4.78. The van der Waals surface area contributed by atoms with Crippen LogP contribution >= 0.6 is 22.9 Å². The van der Waals surface area contributed by atoms with Crippen LogP contribution in [0.3, 0.4) is 0 Å². The van der Waals surface area contributed by atoms with Crippen molar-refractivity contribution in [2.75, 3.05) is 7.11 Å². The van der Waals surface area contributed by atoms with Gasteiger partial charge >= 0.3 is 0 Å². The molecule has 0 atom stereocenters. The number of methoxy groups -OCH3 is 1. The normalized spacial score (nSPS) is 12.0. The van der Waals surface area contributed by atoms with Crippen LogP contribution in [0.15, 0.2) is 6.20 Å². The third-order valence-electron chi connectivity index (χ3n) is 2.61. The molecule has 0 saturated carbocycles. The summed E-state index contributed by atoms with van der Waals surface area (Å²) in [5.74, 6) is 0.533. The average molecular weight is 234 g/mol. The summed E-state index contributed by atoms with van der Waals surface area (Å²) in [6, 6.07) is 0. The molecule has 0 aliphatic rings. The van der Waals surface area contributed by atoms with Crippen LogP contribution < -0.4 is 0 Å². The largest absolute Gasteiger partial charge is 0.371 e. The Labute approximate surface area is 94.3 Å². The van der Waals surface area contributed by atoms with Gasteiger partial charge in [0.2, 0.25) is 0 Å². The third kappa shape index (κ3) is 2.10. The zero-order valence-electron chi connectivity index (χ0n) is 8.84. The van der Waals surface area contributed by atoms with E-state index in [1.165, 1.54) is 0 Å². The van der Waals surface area contributed by atoms with E-state index in [1.54, 1.807) is 18.4 Å². The molecule has 0 aliphatic carbocycles. The third-order valence-corrected chi connectivity index (χ3v) is 4.24. The zero-order valence-corrected chi connectivity index (χ0v) is 10.4. The number of thiazole rings is 1. The van der Waals surface area contributed by atoms with Gasteiger partial charge in [-0.15, -0.1) is 22.9 Å². The lowest BCUT2D eigenvalue weighted by molar-refractivity contribution is -0.0218.